The first-order valence-corrected chi connectivity index (χ1v) is 9.26. The van der Waals surface area contributed by atoms with Gasteiger partial charge in [-0.05, 0) is 6.42 Å². The van der Waals surface area contributed by atoms with Gasteiger partial charge in [0.15, 0.2) is 0 Å². The summed E-state index contributed by atoms with van der Waals surface area (Å²) in [4.78, 5) is 11.2. The number of alkyl halides is 11. The van der Waals surface area contributed by atoms with Crippen LogP contribution >= 0.6 is 0 Å². The van der Waals surface area contributed by atoms with E-state index in [-0.39, 0.29) is 12.5 Å². The Morgan fingerprint density at radius 2 is 1.17 bits per heavy atom. The Morgan fingerprint density at radius 1 is 0.759 bits per heavy atom. The van der Waals surface area contributed by atoms with Gasteiger partial charge in [-0.2, -0.15) is 48.3 Å². The molecule has 0 radical (unpaired) electrons. The molecule has 5 nitrogen and oxygen atoms in total. The second-order valence-electron chi connectivity index (χ2n) is 5.45. The van der Waals surface area contributed by atoms with Gasteiger partial charge in [0.1, 0.15) is 0 Å². The minimum Gasteiger partial charge on any atom is -0.377 e. The van der Waals surface area contributed by atoms with Gasteiger partial charge in [0.05, 0.1) is 0 Å². The summed E-state index contributed by atoms with van der Waals surface area (Å²) in [7, 11) is 0.166. The number of hydrogen-bond donors (Lipinski definition) is 1. The molecule has 0 saturated heterocycles. The van der Waals surface area contributed by atoms with Crippen molar-refractivity contribution >= 4 is 14.7 Å². The molecular formula is C12H16F11NO4Si. The van der Waals surface area contributed by atoms with Crippen molar-refractivity contribution in [3.63, 3.8) is 0 Å². The number of amides is 1. The molecule has 0 heterocycles. The summed E-state index contributed by atoms with van der Waals surface area (Å²) in [5, 5.41) is 1.06. The Labute approximate surface area is 157 Å². The average molecular weight is 475 g/mol. The summed E-state index contributed by atoms with van der Waals surface area (Å²) < 4.78 is 156. The summed E-state index contributed by atoms with van der Waals surface area (Å²) in [6, 6.07) is -0.180. The maximum Gasteiger partial charge on any atom is 0.500 e. The largest absolute Gasteiger partial charge is 0.500 e. The maximum absolute atomic E-state index is 13.5. The Balaban J connectivity index is 5.38. The van der Waals surface area contributed by atoms with Crippen LogP contribution in [-0.2, 0) is 18.1 Å². The van der Waals surface area contributed by atoms with Gasteiger partial charge < -0.3 is 18.6 Å². The van der Waals surface area contributed by atoms with Crippen LogP contribution in [0.1, 0.15) is 6.42 Å². The fraction of sp³-hybridized carbons (Fsp3) is 0.917. The monoisotopic (exact) mass is 475 g/mol. The maximum atomic E-state index is 13.5. The van der Waals surface area contributed by atoms with Crippen LogP contribution in [0.15, 0.2) is 0 Å². The van der Waals surface area contributed by atoms with Crippen LogP contribution in [0.5, 0.6) is 0 Å². The van der Waals surface area contributed by atoms with E-state index >= 15 is 0 Å². The van der Waals surface area contributed by atoms with Crippen molar-refractivity contribution in [2.75, 3.05) is 27.9 Å². The van der Waals surface area contributed by atoms with E-state index in [0.29, 0.717) is 0 Å². The number of carbonyl (C=O) groups is 1. The highest BCUT2D eigenvalue weighted by atomic mass is 28.4. The SMILES string of the molecule is CO[Si](CCCNC(=O)C(F)(F)C(F)(F)C(F)(F)C(F)(F)C(F)(F)F)(OC)OC. The van der Waals surface area contributed by atoms with Crippen LogP contribution in [0.25, 0.3) is 0 Å². The zero-order valence-electron chi connectivity index (χ0n) is 14.9. The van der Waals surface area contributed by atoms with E-state index in [1.165, 1.54) is 0 Å². The molecule has 1 N–H and O–H groups in total. The van der Waals surface area contributed by atoms with E-state index in [0.717, 1.165) is 26.6 Å². The molecule has 0 aromatic rings. The molecule has 0 aromatic carbocycles. The van der Waals surface area contributed by atoms with E-state index in [4.69, 9.17) is 13.3 Å². The molecule has 0 aliphatic rings. The summed E-state index contributed by atoms with van der Waals surface area (Å²) >= 11 is 0. The lowest BCUT2D eigenvalue weighted by Gasteiger charge is -2.36. The summed E-state index contributed by atoms with van der Waals surface area (Å²) in [5.74, 6) is -32.4. The van der Waals surface area contributed by atoms with Crippen molar-refractivity contribution in [1.29, 1.82) is 0 Å². The van der Waals surface area contributed by atoms with Crippen LogP contribution in [-0.4, -0.2) is 72.5 Å². The van der Waals surface area contributed by atoms with Gasteiger partial charge in [0.2, 0.25) is 0 Å². The molecule has 1 amide bonds. The second kappa shape index (κ2) is 8.89. The van der Waals surface area contributed by atoms with E-state index < -0.39 is 51.1 Å². The Kier molecular flexibility index (Phi) is 8.52. The van der Waals surface area contributed by atoms with Gasteiger partial charge in [0, 0.05) is 33.9 Å². The van der Waals surface area contributed by atoms with Crippen molar-refractivity contribution in [3.05, 3.63) is 0 Å². The lowest BCUT2D eigenvalue weighted by Crippen LogP contribution is -2.69. The number of rotatable bonds is 11. The predicted octanol–water partition coefficient (Wildman–Crippen LogP) is 3.47. The molecule has 0 aromatic heterocycles. The van der Waals surface area contributed by atoms with Gasteiger partial charge >= 0.3 is 38.7 Å². The molecule has 0 unspecified atom stereocenters. The van der Waals surface area contributed by atoms with Gasteiger partial charge in [0.25, 0.3) is 5.91 Å². The normalized spacial score (nSPS) is 14.8. The van der Waals surface area contributed by atoms with Crippen molar-refractivity contribution in [2.24, 2.45) is 0 Å². The van der Waals surface area contributed by atoms with Crippen molar-refractivity contribution in [3.8, 4) is 0 Å². The van der Waals surface area contributed by atoms with E-state index in [1.807, 2.05) is 0 Å². The Bertz CT molecular complexity index is 558. The molecule has 0 bridgehead atoms. The smallest absolute Gasteiger partial charge is 0.377 e. The first-order chi connectivity index (χ1) is 12.8. The fourth-order valence-electron chi connectivity index (χ4n) is 1.89. The quantitative estimate of drug-likeness (QED) is 0.283. The van der Waals surface area contributed by atoms with Crippen LogP contribution in [0.2, 0.25) is 6.04 Å². The van der Waals surface area contributed by atoms with E-state index in [2.05, 4.69) is 0 Å². The number of hydrogen-bond acceptors (Lipinski definition) is 4. The fourth-order valence-corrected chi connectivity index (χ4v) is 3.61. The summed E-state index contributed by atoms with van der Waals surface area (Å²) in [5.41, 5.74) is 0. The average Bonchev–Trinajstić information content (AvgIpc) is 2.60. The van der Waals surface area contributed by atoms with E-state index in [9.17, 15) is 53.1 Å². The molecule has 0 spiro atoms. The Hall–Kier alpha value is -1.20. The first-order valence-electron chi connectivity index (χ1n) is 7.33. The van der Waals surface area contributed by atoms with Crippen LogP contribution in [0.4, 0.5) is 48.3 Å². The third-order valence-corrected chi connectivity index (χ3v) is 6.53. The lowest BCUT2D eigenvalue weighted by molar-refractivity contribution is -0.417. The molecule has 29 heavy (non-hydrogen) atoms. The first kappa shape index (κ1) is 27.8. The van der Waals surface area contributed by atoms with E-state index in [1.54, 1.807) is 0 Å². The minimum atomic E-state index is -7.64. The van der Waals surface area contributed by atoms with Crippen LogP contribution in [0, 0.1) is 0 Å². The van der Waals surface area contributed by atoms with Gasteiger partial charge in [-0.15, -0.1) is 0 Å². The molecule has 0 aliphatic heterocycles. The third-order valence-electron chi connectivity index (χ3n) is 3.70. The van der Waals surface area contributed by atoms with Crippen molar-refractivity contribution in [1.82, 2.24) is 5.32 Å². The van der Waals surface area contributed by atoms with Gasteiger partial charge in [-0.3, -0.25) is 4.79 Å². The molecule has 174 valence electrons. The second-order valence-corrected chi connectivity index (χ2v) is 8.54. The molecular weight excluding hydrogens is 459 g/mol. The molecule has 0 saturated carbocycles. The molecule has 0 rings (SSSR count). The zero-order chi connectivity index (χ0) is 23.5. The highest BCUT2D eigenvalue weighted by Gasteiger charge is 2.88. The molecule has 0 atom stereocenters. The third kappa shape index (κ3) is 4.93. The van der Waals surface area contributed by atoms with Crippen molar-refractivity contribution in [2.45, 2.75) is 42.3 Å². The highest BCUT2D eigenvalue weighted by Crippen LogP contribution is 2.57. The molecule has 0 aliphatic carbocycles. The van der Waals surface area contributed by atoms with Gasteiger partial charge in [-0.1, -0.05) is 0 Å². The summed E-state index contributed by atoms with van der Waals surface area (Å²) in [6.07, 6.45) is -7.63. The standard InChI is InChI=1S/C12H16F11NO4Si/c1-26-29(27-2,28-3)6-4-5-24-7(25)8(13,14)9(15,16)10(17,18)11(19,20)12(21,22)23/h4-6H2,1-3H3,(H,24,25). The minimum absolute atomic E-state index is 0.180. The number of nitrogens with one attached hydrogen (secondary N) is 1. The lowest BCUT2D eigenvalue weighted by atomic mass is 9.97. The van der Waals surface area contributed by atoms with Crippen molar-refractivity contribution < 1.29 is 66.4 Å². The molecule has 0 fully saturated rings. The number of halogens is 11. The predicted molar refractivity (Wildman–Crippen MR) is 75.1 cm³/mol. The zero-order valence-corrected chi connectivity index (χ0v) is 15.9. The van der Waals surface area contributed by atoms with Crippen LogP contribution < -0.4 is 5.32 Å². The molecule has 17 heteroatoms. The Morgan fingerprint density at radius 3 is 1.52 bits per heavy atom. The van der Waals surface area contributed by atoms with Gasteiger partial charge in [-0.25, -0.2) is 0 Å². The summed E-state index contributed by atoms with van der Waals surface area (Å²) in [6.45, 7) is -0.892. The topological polar surface area (TPSA) is 56.8 Å². The van der Waals surface area contributed by atoms with Crippen LogP contribution in [0.3, 0.4) is 0 Å². The highest BCUT2D eigenvalue weighted by molar-refractivity contribution is 6.60. The number of carbonyl (C=O) groups excluding carboxylic acids is 1.